The average Bonchev–Trinajstić information content (AvgIpc) is 3.12. The van der Waals surface area contributed by atoms with E-state index in [0.717, 1.165) is 25.9 Å². The van der Waals surface area contributed by atoms with E-state index in [1.165, 1.54) is 6.92 Å². The molecule has 3 rings (SSSR count). The lowest BCUT2D eigenvalue weighted by atomic mass is 9.85. The van der Waals surface area contributed by atoms with Gasteiger partial charge in [-0.15, -0.1) is 0 Å². The van der Waals surface area contributed by atoms with E-state index in [-0.39, 0.29) is 37.1 Å². The van der Waals surface area contributed by atoms with Gasteiger partial charge in [-0.1, -0.05) is 13.0 Å². The average molecular weight is 337 g/mol. The fourth-order valence-corrected chi connectivity index (χ4v) is 4.11. The van der Waals surface area contributed by atoms with Crippen molar-refractivity contribution in [3.63, 3.8) is 0 Å². The summed E-state index contributed by atoms with van der Waals surface area (Å²) in [6.07, 6.45) is 3.59. The first-order valence-corrected chi connectivity index (χ1v) is 8.84. The molecule has 5 atom stereocenters. The molecule has 24 heavy (non-hydrogen) atoms. The van der Waals surface area contributed by atoms with E-state index in [9.17, 15) is 14.7 Å². The summed E-state index contributed by atoms with van der Waals surface area (Å²) in [5.41, 5.74) is -1.12. The van der Waals surface area contributed by atoms with Crippen molar-refractivity contribution in [2.45, 2.75) is 57.8 Å². The number of rotatable bonds is 0. The standard InChI is InChI=1S/C18H27NO5/c1-4-12-9-11(2)18(3,22)17(21)23-10-13-5-7-19-8-6-14(15(13)19)24-16(12)20/h4,11,13-15,22H,5-10H2,1-3H3/b12-4-/t11-,13-,14+,15-,18-/m0/s1. The number of nitrogens with zero attached hydrogens (tertiary/aromatic N) is 1. The number of esters is 2. The van der Waals surface area contributed by atoms with Crippen molar-refractivity contribution >= 4 is 11.9 Å². The molecule has 0 aliphatic carbocycles. The van der Waals surface area contributed by atoms with Gasteiger partial charge < -0.3 is 14.6 Å². The molecule has 1 N–H and O–H groups in total. The van der Waals surface area contributed by atoms with E-state index in [0.29, 0.717) is 5.57 Å². The van der Waals surface area contributed by atoms with Crippen molar-refractivity contribution in [2.24, 2.45) is 11.8 Å². The number of hydrogen-bond acceptors (Lipinski definition) is 6. The van der Waals surface area contributed by atoms with Gasteiger partial charge in [-0.2, -0.15) is 0 Å². The van der Waals surface area contributed by atoms with Crippen molar-refractivity contribution in [1.29, 1.82) is 0 Å². The minimum atomic E-state index is -1.62. The number of carbonyl (C=O) groups excluding carboxylic acids is 2. The third-order valence-corrected chi connectivity index (χ3v) is 5.97. The summed E-state index contributed by atoms with van der Waals surface area (Å²) in [7, 11) is 0. The van der Waals surface area contributed by atoms with Crippen molar-refractivity contribution in [3.8, 4) is 0 Å². The van der Waals surface area contributed by atoms with Gasteiger partial charge in [0.2, 0.25) is 0 Å². The van der Waals surface area contributed by atoms with Gasteiger partial charge in [-0.25, -0.2) is 9.59 Å². The van der Waals surface area contributed by atoms with Gasteiger partial charge in [0.15, 0.2) is 5.60 Å². The smallest absolute Gasteiger partial charge is 0.338 e. The minimum absolute atomic E-state index is 0.113. The van der Waals surface area contributed by atoms with E-state index in [4.69, 9.17) is 9.47 Å². The van der Waals surface area contributed by atoms with Crippen LogP contribution in [0.1, 0.15) is 40.0 Å². The number of cyclic esters (lactones) is 1. The van der Waals surface area contributed by atoms with Crippen LogP contribution in [-0.4, -0.2) is 59.4 Å². The Kier molecular flexibility index (Phi) is 4.71. The minimum Gasteiger partial charge on any atom is -0.463 e. The van der Waals surface area contributed by atoms with Crippen LogP contribution in [0, 0.1) is 11.8 Å². The summed E-state index contributed by atoms with van der Waals surface area (Å²) in [5, 5.41) is 10.6. The number of carbonyl (C=O) groups is 2. The van der Waals surface area contributed by atoms with Crippen molar-refractivity contribution < 1.29 is 24.2 Å². The topological polar surface area (TPSA) is 76.1 Å². The largest absolute Gasteiger partial charge is 0.463 e. The predicted molar refractivity (Wildman–Crippen MR) is 87.1 cm³/mol. The second-order valence-corrected chi connectivity index (χ2v) is 7.47. The van der Waals surface area contributed by atoms with E-state index in [1.54, 1.807) is 19.9 Å². The van der Waals surface area contributed by atoms with E-state index in [1.807, 2.05) is 0 Å². The van der Waals surface area contributed by atoms with Crippen molar-refractivity contribution in [3.05, 3.63) is 11.6 Å². The monoisotopic (exact) mass is 337 g/mol. The van der Waals surface area contributed by atoms with Gasteiger partial charge in [0.25, 0.3) is 0 Å². The highest BCUT2D eigenvalue weighted by molar-refractivity contribution is 5.89. The number of ether oxygens (including phenoxy) is 2. The molecule has 0 radical (unpaired) electrons. The predicted octanol–water partition coefficient (Wildman–Crippen LogP) is 1.27. The van der Waals surface area contributed by atoms with Crippen LogP contribution in [-0.2, 0) is 19.1 Å². The molecule has 0 aromatic heterocycles. The highest BCUT2D eigenvalue weighted by Crippen LogP contribution is 2.36. The highest BCUT2D eigenvalue weighted by Gasteiger charge is 2.48. The molecule has 0 aromatic rings. The fraction of sp³-hybridized carbons (Fsp3) is 0.778. The third-order valence-electron chi connectivity index (χ3n) is 5.97. The Balaban J connectivity index is 1.89. The van der Waals surface area contributed by atoms with Gasteiger partial charge >= 0.3 is 11.9 Å². The number of aliphatic hydroxyl groups is 1. The van der Waals surface area contributed by atoms with Gasteiger partial charge in [0.05, 0.1) is 12.6 Å². The first-order chi connectivity index (χ1) is 11.3. The summed E-state index contributed by atoms with van der Waals surface area (Å²) in [4.78, 5) is 27.3. The maximum absolute atomic E-state index is 12.6. The Bertz CT molecular complexity index is 556. The van der Waals surface area contributed by atoms with E-state index >= 15 is 0 Å². The summed E-state index contributed by atoms with van der Waals surface area (Å²) in [5.74, 6) is -1.23. The molecule has 0 bridgehead atoms. The zero-order chi connectivity index (χ0) is 17.5. The van der Waals surface area contributed by atoms with Crippen LogP contribution in [0.25, 0.3) is 0 Å². The van der Waals surface area contributed by atoms with Crippen LogP contribution in [0.5, 0.6) is 0 Å². The van der Waals surface area contributed by atoms with Crippen LogP contribution in [0.15, 0.2) is 11.6 Å². The number of hydrogen-bond donors (Lipinski definition) is 1. The summed E-state index contributed by atoms with van der Waals surface area (Å²) >= 11 is 0. The Morgan fingerprint density at radius 2 is 2.00 bits per heavy atom. The van der Waals surface area contributed by atoms with E-state index in [2.05, 4.69) is 4.90 Å². The second kappa shape index (κ2) is 6.48. The summed E-state index contributed by atoms with van der Waals surface area (Å²) in [6.45, 7) is 7.11. The van der Waals surface area contributed by atoms with Crippen LogP contribution < -0.4 is 0 Å². The van der Waals surface area contributed by atoms with Gasteiger partial charge in [-0.05, 0) is 45.6 Å². The molecule has 3 fully saturated rings. The summed E-state index contributed by atoms with van der Waals surface area (Å²) < 4.78 is 11.3. The maximum Gasteiger partial charge on any atom is 0.338 e. The van der Waals surface area contributed by atoms with Crippen LogP contribution in [0.4, 0.5) is 0 Å². The Morgan fingerprint density at radius 3 is 2.71 bits per heavy atom. The lowest BCUT2D eigenvalue weighted by Crippen LogP contribution is -2.46. The SMILES string of the molecule is C/C=C1/C[C@H](C)[C@](C)(O)C(=O)OC[C@@H]2CCN3CC[C@@H](OC1=O)[C@H]23. The molecular weight excluding hydrogens is 310 g/mol. The molecule has 134 valence electrons. The van der Waals surface area contributed by atoms with Gasteiger partial charge in [0, 0.05) is 18.0 Å². The molecule has 3 saturated heterocycles. The Hall–Kier alpha value is -1.40. The fourth-order valence-electron chi connectivity index (χ4n) is 4.11. The molecule has 6 nitrogen and oxygen atoms in total. The normalized spacial score (nSPS) is 42.9. The van der Waals surface area contributed by atoms with Crippen LogP contribution in [0.3, 0.4) is 0 Å². The lowest BCUT2D eigenvalue weighted by Gasteiger charge is -2.32. The molecule has 0 amide bonds. The lowest BCUT2D eigenvalue weighted by molar-refractivity contribution is -0.172. The molecule has 3 heterocycles. The van der Waals surface area contributed by atoms with E-state index < -0.39 is 17.5 Å². The molecule has 0 saturated carbocycles. The van der Waals surface area contributed by atoms with Gasteiger partial charge in [-0.3, -0.25) is 4.90 Å². The molecule has 3 aliphatic heterocycles. The van der Waals surface area contributed by atoms with Gasteiger partial charge in [0.1, 0.15) is 6.10 Å². The highest BCUT2D eigenvalue weighted by atomic mass is 16.6. The quantitative estimate of drug-likeness (QED) is 0.530. The molecule has 0 aromatic carbocycles. The number of allylic oxidation sites excluding steroid dienone is 1. The zero-order valence-corrected chi connectivity index (χ0v) is 14.7. The molecule has 3 aliphatic rings. The second-order valence-electron chi connectivity index (χ2n) is 7.47. The molecule has 0 unspecified atom stereocenters. The van der Waals surface area contributed by atoms with Crippen LogP contribution in [0.2, 0.25) is 0 Å². The zero-order valence-electron chi connectivity index (χ0n) is 14.7. The summed E-state index contributed by atoms with van der Waals surface area (Å²) in [6, 6.07) is 0.113. The van der Waals surface area contributed by atoms with Crippen molar-refractivity contribution in [2.75, 3.05) is 19.7 Å². The third kappa shape index (κ3) is 2.97. The van der Waals surface area contributed by atoms with Crippen molar-refractivity contribution in [1.82, 2.24) is 4.90 Å². The maximum atomic E-state index is 12.6. The Morgan fingerprint density at radius 1 is 1.29 bits per heavy atom. The Labute approximate surface area is 142 Å². The first kappa shape index (κ1) is 17.4. The van der Waals surface area contributed by atoms with Crippen LogP contribution >= 0.6 is 0 Å². The molecule has 6 heteroatoms. The molecular formula is C18H27NO5. The molecule has 0 spiro atoms. The first-order valence-electron chi connectivity index (χ1n) is 8.84.